The zero-order valence-corrected chi connectivity index (χ0v) is 12.2. The molecule has 0 saturated carbocycles. The molecule has 1 aliphatic rings. The number of hydrogen-bond donors (Lipinski definition) is 1. The maximum atomic E-state index is 9.95. The molecule has 0 atom stereocenters. The molecule has 0 radical (unpaired) electrons. The second kappa shape index (κ2) is 6.94. The highest BCUT2D eigenvalue weighted by molar-refractivity contribution is 5.70. The fraction of sp³-hybridized carbons (Fsp3) is 0.353. The van der Waals surface area contributed by atoms with Gasteiger partial charge >= 0.3 is 0 Å². The van der Waals surface area contributed by atoms with E-state index in [-0.39, 0.29) is 0 Å². The van der Waals surface area contributed by atoms with Crippen LogP contribution in [-0.4, -0.2) is 29.3 Å². The number of aryl methyl sites for hydroxylation is 1. The molecule has 3 heteroatoms. The van der Waals surface area contributed by atoms with Crippen LogP contribution in [0.2, 0.25) is 0 Å². The van der Waals surface area contributed by atoms with Crippen LogP contribution >= 0.6 is 0 Å². The Kier molecular flexibility index (Phi) is 4.99. The third-order valence-electron chi connectivity index (χ3n) is 3.50. The lowest BCUT2D eigenvalue weighted by Crippen LogP contribution is -2.20. The summed E-state index contributed by atoms with van der Waals surface area (Å²) in [5.74, 6) is 0.345. The first-order chi connectivity index (χ1) is 9.76. The van der Waals surface area contributed by atoms with Crippen LogP contribution < -0.4 is 0 Å². The highest BCUT2D eigenvalue weighted by atomic mass is 16.3. The quantitative estimate of drug-likeness (QED) is 0.830. The third kappa shape index (κ3) is 3.29. The molecule has 0 spiro atoms. The number of aromatic hydroxyl groups is 1. The lowest BCUT2D eigenvalue weighted by molar-refractivity contribution is 0.468. The Morgan fingerprint density at radius 3 is 2.75 bits per heavy atom. The number of hydrogen-bond acceptors (Lipinski definition) is 3. The van der Waals surface area contributed by atoms with Crippen LogP contribution in [0.15, 0.2) is 41.6 Å². The monoisotopic (exact) mass is 270 g/mol. The van der Waals surface area contributed by atoms with E-state index in [2.05, 4.69) is 29.1 Å². The number of benzene rings is 1. The maximum absolute atomic E-state index is 9.95. The van der Waals surface area contributed by atoms with E-state index in [0.717, 1.165) is 37.2 Å². The summed E-state index contributed by atoms with van der Waals surface area (Å²) in [4.78, 5) is 6.80. The summed E-state index contributed by atoms with van der Waals surface area (Å²) >= 11 is 0. The lowest BCUT2D eigenvalue weighted by Gasteiger charge is -2.18. The van der Waals surface area contributed by atoms with Gasteiger partial charge in [0.2, 0.25) is 0 Å². The van der Waals surface area contributed by atoms with Crippen molar-refractivity contribution < 1.29 is 5.11 Å². The van der Waals surface area contributed by atoms with E-state index in [0.29, 0.717) is 5.75 Å². The fourth-order valence-corrected chi connectivity index (χ4v) is 2.35. The number of phenolic OH excluding ortho intramolecular Hbond substituents is 1. The van der Waals surface area contributed by atoms with Gasteiger partial charge in [-0.05, 0) is 36.7 Å². The molecule has 2 rings (SSSR count). The second-order valence-electron chi connectivity index (χ2n) is 4.81. The topological polar surface area (TPSA) is 35.8 Å². The van der Waals surface area contributed by atoms with Gasteiger partial charge in [0, 0.05) is 18.3 Å². The summed E-state index contributed by atoms with van der Waals surface area (Å²) in [6.45, 7) is 5.86. The number of phenols is 1. The molecular formula is C17H22N2O. The Labute approximate surface area is 121 Å². The minimum absolute atomic E-state index is 0.345. The highest BCUT2D eigenvalue weighted by Crippen LogP contribution is 2.32. The van der Waals surface area contributed by atoms with Gasteiger partial charge in [-0.25, -0.2) is 0 Å². The van der Waals surface area contributed by atoms with Gasteiger partial charge in [-0.2, -0.15) is 0 Å². The predicted octanol–water partition coefficient (Wildman–Crippen LogP) is 3.60. The van der Waals surface area contributed by atoms with Gasteiger partial charge in [0.25, 0.3) is 0 Å². The largest absolute Gasteiger partial charge is 0.508 e. The SMILES string of the molecule is CCc1ccc(O)c(CC)c1N=CCN1C=CC=CC1. The molecular weight excluding hydrogens is 248 g/mol. The Hall–Kier alpha value is -2.03. The van der Waals surface area contributed by atoms with Crippen molar-refractivity contribution in [3.63, 3.8) is 0 Å². The molecule has 0 aromatic heterocycles. The van der Waals surface area contributed by atoms with Crippen molar-refractivity contribution in [2.75, 3.05) is 13.1 Å². The van der Waals surface area contributed by atoms with Crippen LogP contribution in [0, 0.1) is 0 Å². The molecule has 0 unspecified atom stereocenters. The molecule has 0 bridgehead atoms. The van der Waals surface area contributed by atoms with Crippen molar-refractivity contribution in [1.29, 1.82) is 0 Å². The van der Waals surface area contributed by atoms with Gasteiger partial charge in [0.15, 0.2) is 0 Å². The van der Waals surface area contributed by atoms with Gasteiger partial charge in [-0.3, -0.25) is 4.99 Å². The number of nitrogens with zero attached hydrogens (tertiary/aromatic N) is 2. The van der Waals surface area contributed by atoms with Gasteiger partial charge in [-0.1, -0.05) is 32.1 Å². The number of allylic oxidation sites excluding steroid dienone is 2. The molecule has 106 valence electrons. The second-order valence-corrected chi connectivity index (χ2v) is 4.81. The molecule has 1 aromatic carbocycles. The minimum atomic E-state index is 0.345. The smallest absolute Gasteiger partial charge is 0.120 e. The van der Waals surface area contributed by atoms with Crippen LogP contribution in [0.4, 0.5) is 5.69 Å². The third-order valence-corrected chi connectivity index (χ3v) is 3.50. The van der Waals surface area contributed by atoms with Crippen molar-refractivity contribution in [3.8, 4) is 5.75 Å². The van der Waals surface area contributed by atoms with Gasteiger partial charge in [0.1, 0.15) is 5.75 Å². The van der Waals surface area contributed by atoms with E-state index in [4.69, 9.17) is 0 Å². The molecule has 1 aromatic rings. The van der Waals surface area contributed by atoms with E-state index in [9.17, 15) is 5.11 Å². The van der Waals surface area contributed by atoms with Gasteiger partial charge in [-0.15, -0.1) is 0 Å². The minimum Gasteiger partial charge on any atom is -0.508 e. The van der Waals surface area contributed by atoms with E-state index >= 15 is 0 Å². The van der Waals surface area contributed by atoms with E-state index in [1.54, 1.807) is 6.07 Å². The van der Waals surface area contributed by atoms with Crippen molar-refractivity contribution >= 4 is 11.9 Å². The number of rotatable bonds is 5. The van der Waals surface area contributed by atoms with Crippen LogP contribution in [0.1, 0.15) is 25.0 Å². The van der Waals surface area contributed by atoms with E-state index in [1.165, 1.54) is 5.56 Å². The Balaban J connectivity index is 2.16. The first-order valence-electron chi connectivity index (χ1n) is 7.19. The first-order valence-corrected chi connectivity index (χ1v) is 7.19. The standard InChI is InChI=1S/C17H22N2O/c1-3-14-8-9-16(20)15(4-2)17(14)18-10-13-19-11-6-5-7-12-19/h5-11,20H,3-4,12-13H2,1-2H3. The summed E-state index contributed by atoms with van der Waals surface area (Å²) in [6, 6.07) is 3.74. The zero-order chi connectivity index (χ0) is 14.4. The van der Waals surface area contributed by atoms with Crippen LogP contribution in [0.5, 0.6) is 5.75 Å². The average molecular weight is 270 g/mol. The predicted molar refractivity (Wildman–Crippen MR) is 84.9 cm³/mol. The van der Waals surface area contributed by atoms with Crippen LogP contribution in [0.3, 0.4) is 0 Å². The molecule has 0 aliphatic carbocycles. The Morgan fingerprint density at radius 1 is 1.25 bits per heavy atom. The molecule has 0 saturated heterocycles. The summed E-state index contributed by atoms with van der Waals surface area (Å²) in [6.07, 6.45) is 11.9. The van der Waals surface area contributed by atoms with Gasteiger partial charge < -0.3 is 10.0 Å². The van der Waals surface area contributed by atoms with Crippen molar-refractivity contribution in [2.45, 2.75) is 26.7 Å². The summed E-state index contributed by atoms with van der Waals surface area (Å²) in [5, 5.41) is 9.95. The molecule has 1 N–H and O–H groups in total. The Bertz CT molecular complexity index is 544. The maximum Gasteiger partial charge on any atom is 0.120 e. The molecule has 0 amide bonds. The lowest BCUT2D eigenvalue weighted by atomic mass is 10.0. The summed E-state index contributed by atoms with van der Waals surface area (Å²) in [5.41, 5.74) is 3.06. The fourth-order valence-electron chi connectivity index (χ4n) is 2.35. The van der Waals surface area contributed by atoms with E-state index in [1.807, 2.05) is 31.4 Å². The van der Waals surface area contributed by atoms with Crippen LogP contribution in [-0.2, 0) is 12.8 Å². The molecule has 3 nitrogen and oxygen atoms in total. The van der Waals surface area contributed by atoms with Crippen molar-refractivity contribution in [2.24, 2.45) is 4.99 Å². The molecule has 1 aliphatic heterocycles. The molecule has 0 fully saturated rings. The summed E-state index contributed by atoms with van der Waals surface area (Å²) in [7, 11) is 0. The number of aliphatic imine (C=N–C) groups is 1. The Morgan fingerprint density at radius 2 is 2.10 bits per heavy atom. The summed E-state index contributed by atoms with van der Waals surface area (Å²) < 4.78 is 0. The van der Waals surface area contributed by atoms with Gasteiger partial charge in [0.05, 0.1) is 12.2 Å². The average Bonchev–Trinajstić information content (AvgIpc) is 2.49. The highest BCUT2D eigenvalue weighted by Gasteiger charge is 2.09. The molecule has 20 heavy (non-hydrogen) atoms. The zero-order valence-electron chi connectivity index (χ0n) is 12.2. The first kappa shape index (κ1) is 14.4. The normalized spacial score (nSPS) is 14.4. The molecule has 1 heterocycles. The van der Waals surface area contributed by atoms with Crippen molar-refractivity contribution in [1.82, 2.24) is 4.90 Å². The van der Waals surface area contributed by atoms with Crippen molar-refractivity contribution in [3.05, 3.63) is 47.7 Å². The van der Waals surface area contributed by atoms with Crippen LogP contribution in [0.25, 0.3) is 0 Å². The van der Waals surface area contributed by atoms with E-state index < -0.39 is 0 Å².